The van der Waals surface area contributed by atoms with Crippen LogP contribution >= 0.6 is 0 Å². The molecule has 0 saturated heterocycles. The lowest BCUT2D eigenvalue weighted by atomic mass is 10.1. The molecule has 0 amide bonds. The molecule has 0 fully saturated rings. The molecule has 0 aliphatic heterocycles. The first-order valence-electron chi connectivity index (χ1n) is 5.60. The summed E-state index contributed by atoms with van der Waals surface area (Å²) >= 11 is 0. The van der Waals surface area contributed by atoms with Crippen LogP contribution in [0.2, 0.25) is 0 Å². The van der Waals surface area contributed by atoms with Gasteiger partial charge in [0.25, 0.3) is 0 Å². The monoisotopic (exact) mass is 210 g/mol. The van der Waals surface area contributed by atoms with Gasteiger partial charge in [0.1, 0.15) is 11.3 Å². The Morgan fingerprint density at radius 1 is 1.12 bits per heavy atom. The maximum atomic E-state index is 5.88. The van der Waals surface area contributed by atoms with Gasteiger partial charge in [-0.15, -0.1) is 0 Å². The van der Waals surface area contributed by atoms with Gasteiger partial charge >= 0.3 is 0 Å². The number of allylic oxidation sites excluding steroid dienone is 4. The lowest BCUT2D eigenvalue weighted by Gasteiger charge is -1.99. The predicted molar refractivity (Wildman–Crippen MR) is 67.2 cm³/mol. The Morgan fingerprint density at radius 3 is 2.62 bits per heavy atom. The molecule has 0 bridgehead atoms. The van der Waals surface area contributed by atoms with Crippen LogP contribution in [0.5, 0.6) is 0 Å². The van der Waals surface area contributed by atoms with Gasteiger partial charge in [0.05, 0.1) is 0 Å². The minimum absolute atomic E-state index is 0.974. The van der Waals surface area contributed by atoms with Gasteiger partial charge in [-0.25, -0.2) is 0 Å². The van der Waals surface area contributed by atoms with Gasteiger partial charge in [-0.05, 0) is 38.0 Å². The molecule has 0 spiro atoms. The number of benzene rings is 1. The summed E-state index contributed by atoms with van der Waals surface area (Å²) in [5.74, 6) is 1.02. The summed E-state index contributed by atoms with van der Waals surface area (Å²) in [6, 6.07) is 10.3. The molecule has 1 aromatic carbocycles. The zero-order valence-corrected chi connectivity index (χ0v) is 9.58. The SMILES string of the molecule is CC1=CC(C)=C(c2cc3ccccc3o2)C1. The summed E-state index contributed by atoms with van der Waals surface area (Å²) in [6.45, 7) is 4.32. The molecule has 0 unspecified atom stereocenters. The van der Waals surface area contributed by atoms with Gasteiger partial charge in [-0.3, -0.25) is 0 Å². The van der Waals surface area contributed by atoms with Crippen LogP contribution < -0.4 is 0 Å². The third-order valence-corrected chi connectivity index (χ3v) is 3.12. The number of rotatable bonds is 1. The topological polar surface area (TPSA) is 13.1 Å². The highest BCUT2D eigenvalue weighted by Gasteiger charge is 2.15. The maximum absolute atomic E-state index is 5.88. The lowest BCUT2D eigenvalue weighted by Crippen LogP contribution is -1.79. The van der Waals surface area contributed by atoms with Crippen molar-refractivity contribution in [3.05, 3.63) is 53.3 Å². The molecule has 1 nitrogen and oxygen atoms in total. The molecule has 16 heavy (non-hydrogen) atoms. The van der Waals surface area contributed by atoms with Gasteiger partial charge in [0, 0.05) is 11.0 Å². The van der Waals surface area contributed by atoms with Crippen LogP contribution in [0.4, 0.5) is 0 Å². The van der Waals surface area contributed by atoms with Crippen molar-refractivity contribution in [1.29, 1.82) is 0 Å². The highest BCUT2D eigenvalue weighted by Crippen LogP contribution is 2.35. The van der Waals surface area contributed by atoms with Gasteiger partial charge in [-0.2, -0.15) is 0 Å². The summed E-state index contributed by atoms with van der Waals surface area (Å²) in [4.78, 5) is 0. The van der Waals surface area contributed by atoms with Crippen molar-refractivity contribution in [2.45, 2.75) is 20.3 Å². The molecule has 2 aromatic rings. The first-order valence-corrected chi connectivity index (χ1v) is 5.60. The Bertz CT molecular complexity index is 578. The van der Waals surface area contributed by atoms with Crippen molar-refractivity contribution in [3.8, 4) is 0 Å². The Morgan fingerprint density at radius 2 is 1.94 bits per heavy atom. The van der Waals surface area contributed by atoms with E-state index < -0.39 is 0 Å². The third kappa shape index (κ3) is 1.40. The third-order valence-electron chi connectivity index (χ3n) is 3.12. The van der Waals surface area contributed by atoms with Crippen molar-refractivity contribution >= 4 is 16.5 Å². The van der Waals surface area contributed by atoms with Crippen LogP contribution in [0, 0.1) is 0 Å². The minimum atomic E-state index is 0.974. The number of hydrogen-bond donors (Lipinski definition) is 0. The lowest BCUT2D eigenvalue weighted by molar-refractivity contribution is 0.597. The van der Waals surface area contributed by atoms with Crippen molar-refractivity contribution in [2.75, 3.05) is 0 Å². The van der Waals surface area contributed by atoms with Crippen LogP contribution in [-0.4, -0.2) is 0 Å². The van der Waals surface area contributed by atoms with E-state index in [0.717, 1.165) is 17.8 Å². The predicted octanol–water partition coefficient (Wildman–Crippen LogP) is 4.56. The number of fused-ring (bicyclic) bond motifs is 1. The normalized spacial score (nSPS) is 16.0. The van der Waals surface area contributed by atoms with Crippen molar-refractivity contribution < 1.29 is 4.42 Å². The number of furan rings is 1. The average molecular weight is 210 g/mol. The quantitative estimate of drug-likeness (QED) is 0.672. The molecule has 0 N–H and O–H groups in total. The van der Waals surface area contributed by atoms with E-state index >= 15 is 0 Å². The largest absolute Gasteiger partial charge is 0.456 e. The summed E-state index contributed by atoms with van der Waals surface area (Å²) < 4.78 is 5.88. The van der Waals surface area contributed by atoms with E-state index in [1.54, 1.807) is 0 Å². The van der Waals surface area contributed by atoms with Crippen LogP contribution in [-0.2, 0) is 0 Å². The number of para-hydroxylation sites is 1. The average Bonchev–Trinajstić information content (AvgIpc) is 2.81. The zero-order valence-electron chi connectivity index (χ0n) is 9.58. The fraction of sp³-hybridized carbons (Fsp3) is 0.200. The second-order valence-electron chi connectivity index (χ2n) is 4.48. The van der Waals surface area contributed by atoms with Gasteiger partial charge in [0.2, 0.25) is 0 Å². The second kappa shape index (κ2) is 3.38. The van der Waals surface area contributed by atoms with Gasteiger partial charge < -0.3 is 4.42 Å². The first kappa shape index (κ1) is 9.46. The fourth-order valence-corrected chi connectivity index (χ4v) is 2.34. The molecule has 0 radical (unpaired) electrons. The Kier molecular flexibility index (Phi) is 2.00. The van der Waals surface area contributed by atoms with Crippen molar-refractivity contribution in [2.24, 2.45) is 0 Å². The van der Waals surface area contributed by atoms with E-state index in [-0.39, 0.29) is 0 Å². The maximum Gasteiger partial charge on any atom is 0.134 e. The first-order chi connectivity index (χ1) is 7.74. The Labute approximate surface area is 95.1 Å². The van der Waals surface area contributed by atoms with Gasteiger partial charge in [-0.1, -0.05) is 29.8 Å². The standard InChI is InChI=1S/C15H14O/c1-10-7-11(2)13(8-10)15-9-12-5-3-4-6-14(12)16-15/h3-7,9H,8H2,1-2H3. The molecule has 80 valence electrons. The van der Waals surface area contributed by atoms with E-state index in [1.165, 1.54) is 22.1 Å². The Hall–Kier alpha value is -1.76. The van der Waals surface area contributed by atoms with Crippen LogP contribution in [0.1, 0.15) is 26.0 Å². The molecular formula is C15H14O. The molecular weight excluding hydrogens is 196 g/mol. The molecule has 0 saturated carbocycles. The zero-order chi connectivity index (χ0) is 11.1. The molecule has 1 aliphatic carbocycles. The molecule has 1 aromatic heterocycles. The minimum Gasteiger partial charge on any atom is -0.456 e. The van der Waals surface area contributed by atoms with E-state index in [1.807, 2.05) is 18.2 Å². The smallest absolute Gasteiger partial charge is 0.134 e. The molecule has 0 atom stereocenters. The number of hydrogen-bond acceptors (Lipinski definition) is 1. The molecule has 3 rings (SSSR count). The molecule has 1 heteroatoms. The van der Waals surface area contributed by atoms with E-state index in [9.17, 15) is 0 Å². The highest BCUT2D eigenvalue weighted by atomic mass is 16.3. The molecule has 1 heterocycles. The summed E-state index contributed by atoms with van der Waals surface area (Å²) in [6.07, 6.45) is 3.26. The van der Waals surface area contributed by atoms with Crippen LogP contribution in [0.15, 0.2) is 52.0 Å². The van der Waals surface area contributed by atoms with Crippen LogP contribution in [0.25, 0.3) is 16.5 Å². The van der Waals surface area contributed by atoms with Crippen molar-refractivity contribution in [3.63, 3.8) is 0 Å². The summed E-state index contributed by atoms with van der Waals surface area (Å²) in [7, 11) is 0. The van der Waals surface area contributed by atoms with Crippen molar-refractivity contribution in [1.82, 2.24) is 0 Å². The highest BCUT2D eigenvalue weighted by molar-refractivity contribution is 5.84. The molecule has 1 aliphatic rings. The second-order valence-corrected chi connectivity index (χ2v) is 4.48. The van der Waals surface area contributed by atoms with Gasteiger partial charge in [0.15, 0.2) is 0 Å². The van der Waals surface area contributed by atoms with E-state index in [0.29, 0.717) is 0 Å². The Balaban J connectivity index is 2.11. The van der Waals surface area contributed by atoms with E-state index in [2.05, 4.69) is 32.1 Å². The summed E-state index contributed by atoms with van der Waals surface area (Å²) in [5.41, 5.74) is 5.04. The summed E-state index contributed by atoms with van der Waals surface area (Å²) in [5, 5.41) is 1.18. The van der Waals surface area contributed by atoms with E-state index in [4.69, 9.17) is 4.42 Å². The fourth-order valence-electron chi connectivity index (χ4n) is 2.34. The van der Waals surface area contributed by atoms with Crippen LogP contribution in [0.3, 0.4) is 0 Å².